The topological polar surface area (TPSA) is 105 Å². The third-order valence-electron chi connectivity index (χ3n) is 4.38. The molecule has 2 heterocycles. The molecule has 1 atom stereocenters. The molecule has 9 heteroatoms. The smallest absolute Gasteiger partial charge is 0.237 e. The molecule has 138 valence electrons. The van der Waals surface area contributed by atoms with Gasteiger partial charge in [0.05, 0.1) is 19.0 Å². The van der Waals surface area contributed by atoms with E-state index < -0.39 is 6.04 Å². The first-order chi connectivity index (χ1) is 12.6. The van der Waals surface area contributed by atoms with Crippen molar-refractivity contribution in [2.24, 2.45) is 0 Å². The summed E-state index contributed by atoms with van der Waals surface area (Å²) < 4.78 is 1.54. The number of aryl methyl sites for hydroxylation is 1. The van der Waals surface area contributed by atoms with Gasteiger partial charge in [0.1, 0.15) is 6.33 Å². The van der Waals surface area contributed by atoms with Gasteiger partial charge in [-0.05, 0) is 22.9 Å². The van der Waals surface area contributed by atoms with E-state index in [1.165, 1.54) is 16.6 Å². The molecule has 2 N–H and O–H groups in total. The van der Waals surface area contributed by atoms with E-state index in [1.807, 2.05) is 6.92 Å². The van der Waals surface area contributed by atoms with Crippen molar-refractivity contribution in [2.45, 2.75) is 32.5 Å². The van der Waals surface area contributed by atoms with E-state index in [0.29, 0.717) is 26.2 Å². The van der Waals surface area contributed by atoms with Crippen LogP contribution in [-0.4, -0.2) is 62.6 Å². The summed E-state index contributed by atoms with van der Waals surface area (Å²) >= 11 is 0. The van der Waals surface area contributed by atoms with Crippen LogP contribution in [0.25, 0.3) is 0 Å². The third-order valence-corrected chi connectivity index (χ3v) is 4.38. The fourth-order valence-corrected chi connectivity index (χ4v) is 2.94. The van der Waals surface area contributed by atoms with Gasteiger partial charge in [-0.3, -0.25) is 14.5 Å². The van der Waals surface area contributed by atoms with Gasteiger partial charge in [-0.15, -0.1) is 5.10 Å². The summed E-state index contributed by atoms with van der Waals surface area (Å²) in [6.07, 6.45) is 1.62. The lowest BCUT2D eigenvalue weighted by Crippen LogP contribution is -2.56. The Morgan fingerprint density at radius 3 is 2.88 bits per heavy atom. The molecule has 1 aliphatic rings. The molecule has 1 aromatic heterocycles. The number of carbonyl (C=O) groups excluding carboxylic acids is 2. The van der Waals surface area contributed by atoms with Crippen molar-refractivity contribution in [3.63, 3.8) is 0 Å². The van der Waals surface area contributed by atoms with Crippen LogP contribution < -0.4 is 10.6 Å². The molecule has 0 radical (unpaired) electrons. The zero-order valence-corrected chi connectivity index (χ0v) is 14.8. The maximum atomic E-state index is 12.3. The van der Waals surface area contributed by atoms with Gasteiger partial charge in [0.2, 0.25) is 11.8 Å². The van der Waals surface area contributed by atoms with Crippen LogP contribution in [-0.2, 0) is 22.7 Å². The highest BCUT2D eigenvalue weighted by atomic mass is 16.2. The van der Waals surface area contributed by atoms with E-state index in [4.69, 9.17) is 0 Å². The molecular weight excluding hydrogens is 334 g/mol. The molecule has 1 aliphatic heterocycles. The molecule has 26 heavy (non-hydrogen) atoms. The van der Waals surface area contributed by atoms with E-state index >= 15 is 0 Å². The molecule has 3 rings (SSSR count). The number of hydrogen-bond acceptors (Lipinski definition) is 6. The summed E-state index contributed by atoms with van der Waals surface area (Å²) in [7, 11) is 0. The highest BCUT2D eigenvalue weighted by molar-refractivity contribution is 5.88. The minimum atomic E-state index is -0.460. The second kappa shape index (κ2) is 8.52. The Morgan fingerprint density at radius 1 is 1.35 bits per heavy atom. The largest absolute Gasteiger partial charge is 0.354 e. The number of aromatic nitrogens is 4. The lowest BCUT2D eigenvalue weighted by Gasteiger charge is -2.34. The van der Waals surface area contributed by atoms with Gasteiger partial charge in [-0.2, -0.15) is 0 Å². The summed E-state index contributed by atoms with van der Waals surface area (Å²) in [5, 5.41) is 16.5. The van der Waals surface area contributed by atoms with E-state index in [1.54, 1.807) is 0 Å². The van der Waals surface area contributed by atoms with Crippen LogP contribution in [0, 0.1) is 6.92 Å². The lowest BCUT2D eigenvalue weighted by atomic mass is 10.1. The fraction of sp³-hybridized carbons (Fsp3) is 0.471. The van der Waals surface area contributed by atoms with Crippen molar-refractivity contribution >= 4 is 11.8 Å². The Balaban J connectivity index is 1.54. The number of nitrogens with zero attached hydrogens (tertiary/aromatic N) is 5. The summed E-state index contributed by atoms with van der Waals surface area (Å²) in [5.74, 6) is -0.256. The Kier molecular flexibility index (Phi) is 5.90. The maximum absolute atomic E-state index is 12.3. The number of carbonyl (C=O) groups is 2. The van der Waals surface area contributed by atoms with E-state index in [2.05, 4.69) is 55.3 Å². The Hall–Kier alpha value is -2.81. The predicted octanol–water partition coefficient (Wildman–Crippen LogP) is -0.512. The van der Waals surface area contributed by atoms with Crippen LogP contribution in [0.5, 0.6) is 0 Å². The average molecular weight is 357 g/mol. The molecule has 0 saturated carbocycles. The van der Waals surface area contributed by atoms with Gasteiger partial charge in [0.25, 0.3) is 0 Å². The molecule has 2 amide bonds. The second-order valence-electron chi connectivity index (χ2n) is 6.39. The van der Waals surface area contributed by atoms with Gasteiger partial charge < -0.3 is 10.6 Å². The number of hydrogen-bond donors (Lipinski definition) is 2. The average Bonchev–Trinajstić information content (AvgIpc) is 3.13. The number of nitrogens with one attached hydrogen (secondary N) is 2. The molecule has 2 aromatic rings. The monoisotopic (exact) mass is 357 g/mol. The first-order valence-electron chi connectivity index (χ1n) is 8.66. The summed E-state index contributed by atoms with van der Waals surface area (Å²) in [6, 6.07) is 7.77. The molecule has 0 bridgehead atoms. The number of benzene rings is 1. The van der Waals surface area contributed by atoms with Crippen LogP contribution in [0.1, 0.15) is 17.5 Å². The Morgan fingerprint density at radius 2 is 2.15 bits per heavy atom. The first kappa shape index (κ1) is 18.0. The standard InChI is InChI=1S/C17H23N7O2/c1-13-2-4-14(5-3-13)11-23-8-6-19-17(26)15(23)10-16(25)18-7-9-24-12-20-21-22-24/h2-5,12,15H,6-11H2,1H3,(H,18,25)(H,19,26). The van der Waals surface area contributed by atoms with Crippen molar-refractivity contribution < 1.29 is 9.59 Å². The Labute approximate surface area is 151 Å². The zero-order chi connectivity index (χ0) is 18.4. The van der Waals surface area contributed by atoms with Crippen molar-refractivity contribution in [3.8, 4) is 0 Å². The first-order valence-corrected chi connectivity index (χ1v) is 8.66. The fourth-order valence-electron chi connectivity index (χ4n) is 2.94. The zero-order valence-electron chi connectivity index (χ0n) is 14.8. The number of amides is 2. The van der Waals surface area contributed by atoms with Crippen molar-refractivity contribution in [1.29, 1.82) is 0 Å². The predicted molar refractivity (Wildman–Crippen MR) is 93.8 cm³/mol. The molecule has 9 nitrogen and oxygen atoms in total. The van der Waals surface area contributed by atoms with E-state index in [9.17, 15) is 9.59 Å². The van der Waals surface area contributed by atoms with Gasteiger partial charge in [0, 0.05) is 26.2 Å². The quantitative estimate of drug-likeness (QED) is 0.691. The number of rotatable bonds is 7. The molecular formula is C17H23N7O2. The minimum absolute atomic E-state index is 0.0982. The SMILES string of the molecule is Cc1ccc(CN2CCNC(=O)C2CC(=O)NCCn2cnnn2)cc1. The molecule has 1 saturated heterocycles. The molecule has 1 unspecified atom stereocenters. The normalized spacial score (nSPS) is 17.7. The van der Waals surface area contributed by atoms with Crippen LogP contribution in [0.4, 0.5) is 0 Å². The van der Waals surface area contributed by atoms with Crippen LogP contribution >= 0.6 is 0 Å². The minimum Gasteiger partial charge on any atom is -0.354 e. The van der Waals surface area contributed by atoms with Gasteiger partial charge in [0.15, 0.2) is 0 Å². The molecule has 1 aromatic carbocycles. The van der Waals surface area contributed by atoms with Crippen molar-refractivity contribution in [1.82, 2.24) is 35.7 Å². The van der Waals surface area contributed by atoms with E-state index in [0.717, 1.165) is 12.1 Å². The van der Waals surface area contributed by atoms with Gasteiger partial charge in [-0.25, -0.2) is 4.68 Å². The second-order valence-corrected chi connectivity index (χ2v) is 6.39. The lowest BCUT2D eigenvalue weighted by molar-refractivity contribution is -0.134. The number of piperazine rings is 1. The highest BCUT2D eigenvalue weighted by Gasteiger charge is 2.31. The maximum Gasteiger partial charge on any atom is 0.237 e. The van der Waals surface area contributed by atoms with Crippen molar-refractivity contribution in [2.75, 3.05) is 19.6 Å². The number of tetrazole rings is 1. The third kappa shape index (κ3) is 4.85. The van der Waals surface area contributed by atoms with Crippen LogP contribution in [0.2, 0.25) is 0 Å². The van der Waals surface area contributed by atoms with Crippen molar-refractivity contribution in [3.05, 3.63) is 41.7 Å². The molecule has 0 spiro atoms. The highest BCUT2D eigenvalue weighted by Crippen LogP contribution is 2.14. The van der Waals surface area contributed by atoms with Crippen LogP contribution in [0.3, 0.4) is 0 Å². The summed E-state index contributed by atoms with van der Waals surface area (Å²) in [6.45, 7) is 4.92. The molecule has 0 aliphatic carbocycles. The van der Waals surface area contributed by atoms with Crippen LogP contribution in [0.15, 0.2) is 30.6 Å². The molecule has 1 fully saturated rings. The van der Waals surface area contributed by atoms with E-state index in [-0.39, 0.29) is 18.2 Å². The summed E-state index contributed by atoms with van der Waals surface area (Å²) in [5.41, 5.74) is 2.33. The Bertz CT molecular complexity index is 730. The summed E-state index contributed by atoms with van der Waals surface area (Å²) in [4.78, 5) is 26.6. The van der Waals surface area contributed by atoms with Gasteiger partial charge >= 0.3 is 0 Å². The van der Waals surface area contributed by atoms with Gasteiger partial charge in [-0.1, -0.05) is 29.8 Å².